The Labute approximate surface area is 230 Å². The summed E-state index contributed by atoms with van der Waals surface area (Å²) in [6.07, 6.45) is -1.39. The van der Waals surface area contributed by atoms with Gasteiger partial charge in [0, 0.05) is 31.2 Å². The number of amides is 1. The molecule has 2 aliphatic heterocycles. The lowest BCUT2D eigenvalue weighted by Crippen LogP contribution is -2.59. The minimum atomic E-state index is -5.08. The van der Waals surface area contributed by atoms with Gasteiger partial charge in [-0.05, 0) is 61.1 Å². The molecule has 0 unspecified atom stereocenters. The number of aromatic nitrogens is 1. The Balaban J connectivity index is 0.000000411. The molecule has 40 heavy (non-hydrogen) atoms. The Kier molecular flexibility index (Phi) is 7.81. The maximum atomic E-state index is 15.0. The Bertz CT molecular complexity index is 1390. The second-order valence-corrected chi connectivity index (χ2v) is 11.1. The maximum Gasteiger partial charge on any atom is 0.490 e. The summed E-state index contributed by atoms with van der Waals surface area (Å²) < 4.78 is 68.7. The molecular formula is C27H26F5N3O4S. The number of likely N-dealkylation sites (tertiary alicyclic amines) is 1. The quantitative estimate of drug-likeness (QED) is 0.424. The third kappa shape index (κ3) is 6.26. The van der Waals surface area contributed by atoms with Crippen molar-refractivity contribution in [3.8, 4) is 11.1 Å². The molecule has 7 nitrogen and oxygen atoms in total. The smallest absolute Gasteiger partial charge is 0.475 e. The predicted octanol–water partition coefficient (Wildman–Crippen LogP) is 5.23. The number of halogens is 5. The van der Waals surface area contributed by atoms with Gasteiger partial charge in [-0.2, -0.15) is 13.2 Å². The molecule has 3 heterocycles. The second-order valence-electron chi connectivity index (χ2n) is 10.3. The van der Waals surface area contributed by atoms with Gasteiger partial charge in [-0.3, -0.25) is 9.69 Å². The van der Waals surface area contributed by atoms with Crippen molar-refractivity contribution in [3.05, 3.63) is 53.0 Å². The van der Waals surface area contributed by atoms with Crippen molar-refractivity contribution in [2.45, 2.75) is 50.0 Å². The molecule has 1 saturated carbocycles. The SMILES string of the molecule is O=C(O)C(F)(F)F.O=C1COC2(CCN(Cc3c(F)cc(-c4ccc5ncsc5c4)cc3F)CC2)CN1C1CC1. The van der Waals surface area contributed by atoms with Gasteiger partial charge in [0.15, 0.2) is 0 Å². The number of aliphatic carboxylic acids is 1. The van der Waals surface area contributed by atoms with Gasteiger partial charge >= 0.3 is 12.1 Å². The van der Waals surface area contributed by atoms with E-state index in [0.29, 0.717) is 31.2 Å². The lowest BCUT2D eigenvalue weighted by atomic mass is 9.89. The van der Waals surface area contributed by atoms with Crippen molar-refractivity contribution < 1.29 is 41.4 Å². The van der Waals surface area contributed by atoms with Gasteiger partial charge in [0.25, 0.3) is 0 Å². The van der Waals surface area contributed by atoms with Crippen LogP contribution in [0.1, 0.15) is 31.2 Å². The van der Waals surface area contributed by atoms with Gasteiger partial charge in [0.2, 0.25) is 5.91 Å². The van der Waals surface area contributed by atoms with Crippen LogP contribution in [0.15, 0.2) is 35.8 Å². The number of nitrogens with zero attached hydrogens (tertiary/aromatic N) is 3. The molecule has 0 atom stereocenters. The van der Waals surface area contributed by atoms with Crippen molar-refractivity contribution in [2.24, 2.45) is 0 Å². The van der Waals surface area contributed by atoms with E-state index in [4.69, 9.17) is 14.6 Å². The summed E-state index contributed by atoms with van der Waals surface area (Å²) in [5, 5.41) is 7.12. The summed E-state index contributed by atoms with van der Waals surface area (Å²) in [6.45, 7) is 2.40. The molecule has 214 valence electrons. The first-order valence-corrected chi connectivity index (χ1v) is 13.6. The average molecular weight is 584 g/mol. The number of fused-ring (bicyclic) bond motifs is 1. The first-order chi connectivity index (χ1) is 18.9. The first-order valence-electron chi connectivity index (χ1n) is 12.7. The Morgan fingerprint density at radius 1 is 1.10 bits per heavy atom. The fraction of sp³-hybridized carbons (Fsp3) is 0.444. The minimum Gasteiger partial charge on any atom is -0.475 e. The summed E-state index contributed by atoms with van der Waals surface area (Å²) in [5.41, 5.74) is 3.75. The van der Waals surface area contributed by atoms with Crippen LogP contribution >= 0.6 is 11.3 Å². The van der Waals surface area contributed by atoms with Crippen molar-refractivity contribution >= 4 is 33.4 Å². The minimum absolute atomic E-state index is 0.0873. The zero-order valence-electron chi connectivity index (χ0n) is 21.2. The predicted molar refractivity (Wildman–Crippen MR) is 137 cm³/mol. The zero-order chi connectivity index (χ0) is 28.7. The third-order valence-electron chi connectivity index (χ3n) is 7.47. The lowest BCUT2D eigenvalue weighted by Gasteiger charge is -2.47. The van der Waals surface area contributed by atoms with Crippen molar-refractivity contribution in [1.82, 2.24) is 14.8 Å². The Morgan fingerprint density at radius 2 is 1.75 bits per heavy atom. The van der Waals surface area contributed by atoms with Crippen LogP contribution in [0, 0.1) is 11.6 Å². The number of hydrogen-bond acceptors (Lipinski definition) is 6. The van der Waals surface area contributed by atoms with E-state index < -0.39 is 23.8 Å². The third-order valence-corrected chi connectivity index (χ3v) is 8.26. The number of carboxylic acid groups (broad SMARTS) is 1. The standard InChI is InChI=1S/C25H25F2N3O2S.C2HF3O2/c26-20-9-17(16-1-4-22-23(11-16)33-15-28-22)10-21(27)19(20)12-29-7-5-25(6-8-29)14-30(18-2-3-18)24(31)13-32-25;3-2(4,5)1(6)7/h1,4,9-11,15,18H,2-3,5-8,12-14H2;(H,6,7). The molecule has 0 radical (unpaired) electrons. The maximum absolute atomic E-state index is 15.0. The fourth-order valence-electron chi connectivity index (χ4n) is 5.06. The number of ether oxygens (including phenoxy) is 1. The largest absolute Gasteiger partial charge is 0.490 e. The van der Waals surface area contributed by atoms with Crippen LogP contribution in [0.4, 0.5) is 22.0 Å². The molecular weight excluding hydrogens is 557 g/mol. The van der Waals surface area contributed by atoms with E-state index in [1.807, 2.05) is 23.1 Å². The van der Waals surface area contributed by atoms with Gasteiger partial charge in [0.1, 0.15) is 18.2 Å². The number of morpholine rings is 1. The molecule has 13 heteroatoms. The van der Waals surface area contributed by atoms with Crippen LogP contribution in [0.5, 0.6) is 0 Å². The highest BCUT2D eigenvalue weighted by atomic mass is 32.1. The first kappa shape index (κ1) is 28.4. The van der Waals surface area contributed by atoms with Crippen LogP contribution < -0.4 is 0 Å². The average Bonchev–Trinajstić information content (AvgIpc) is 3.65. The second kappa shape index (κ2) is 11.0. The molecule has 3 fully saturated rings. The monoisotopic (exact) mass is 583 g/mol. The fourth-order valence-corrected chi connectivity index (χ4v) is 5.78. The van der Waals surface area contributed by atoms with E-state index in [1.54, 1.807) is 5.51 Å². The highest BCUT2D eigenvalue weighted by Gasteiger charge is 2.46. The number of alkyl halides is 3. The van der Waals surface area contributed by atoms with E-state index in [9.17, 15) is 26.7 Å². The van der Waals surface area contributed by atoms with E-state index in [1.165, 1.54) is 23.5 Å². The topological polar surface area (TPSA) is 83.0 Å². The molecule has 3 aromatic rings. The van der Waals surface area contributed by atoms with Crippen LogP contribution in [0.25, 0.3) is 21.3 Å². The van der Waals surface area contributed by atoms with Gasteiger partial charge in [-0.25, -0.2) is 18.6 Å². The van der Waals surface area contributed by atoms with E-state index >= 15 is 0 Å². The summed E-state index contributed by atoms with van der Waals surface area (Å²) in [7, 11) is 0. The van der Waals surface area contributed by atoms with Gasteiger partial charge < -0.3 is 14.7 Å². The molecule has 1 spiro atoms. The van der Waals surface area contributed by atoms with Gasteiger partial charge in [0.05, 0.1) is 27.9 Å². The number of thiazole rings is 1. The molecule has 1 aromatic heterocycles. The number of carbonyl (C=O) groups excluding carboxylic acids is 1. The molecule has 2 aromatic carbocycles. The van der Waals surface area contributed by atoms with Crippen molar-refractivity contribution in [1.29, 1.82) is 0 Å². The number of benzene rings is 2. The highest BCUT2D eigenvalue weighted by Crippen LogP contribution is 2.37. The van der Waals surface area contributed by atoms with Crippen LogP contribution in [-0.2, 0) is 20.9 Å². The number of rotatable bonds is 4. The molecule has 3 aliphatic rings. The number of piperidine rings is 1. The van der Waals surface area contributed by atoms with Crippen molar-refractivity contribution in [2.75, 3.05) is 26.2 Å². The summed E-state index contributed by atoms with van der Waals surface area (Å²) in [6, 6.07) is 8.88. The molecule has 1 aliphatic carbocycles. The lowest BCUT2D eigenvalue weighted by molar-refractivity contribution is -0.192. The van der Waals surface area contributed by atoms with E-state index in [0.717, 1.165) is 41.5 Å². The number of hydrogen-bond donors (Lipinski definition) is 1. The zero-order valence-corrected chi connectivity index (χ0v) is 22.0. The normalized spacial score (nSPS) is 19.5. The van der Waals surface area contributed by atoms with Gasteiger partial charge in [-0.15, -0.1) is 11.3 Å². The number of carboxylic acids is 1. The Hall–Kier alpha value is -3.16. The molecule has 2 saturated heterocycles. The van der Waals surface area contributed by atoms with Gasteiger partial charge in [-0.1, -0.05) is 6.07 Å². The molecule has 6 rings (SSSR count). The molecule has 1 N–H and O–H groups in total. The summed E-state index contributed by atoms with van der Waals surface area (Å²) >= 11 is 1.51. The van der Waals surface area contributed by atoms with Crippen LogP contribution in [-0.4, -0.2) is 75.8 Å². The van der Waals surface area contributed by atoms with E-state index in [2.05, 4.69) is 9.88 Å². The van der Waals surface area contributed by atoms with Crippen LogP contribution in [0.2, 0.25) is 0 Å². The van der Waals surface area contributed by atoms with Crippen molar-refractivity contribution in [3.63, 3.8) is 0 Å². The highest BCUT2D eigenvalue weighted by molar-refractivity contribution is 7.16. The summed E-state index contributed by atoms with van der Waals surface area (Å²) in [4.78, 5) is 29.4. The molecule has 0 bridgehead atoms. The van der Waals surface area contributed by atoms with E-state index in [-0.39, 0.29) is 30.2 Å². The number of carbonyl (C=O) groups is 2. The summed E-state index contributed by atoms with van der Waals surface area (Å²) in [5.74, 6) is -3.71. The van der Waals surface area contributed by atoms with Crippen LogP contribution in [0.3, 0.4) is 0 Å². The Morgan fingerprint density at radius 3 is 2.35 bits per heavy atom. The molecule has 1 amide bonds.